The molecule has 0 radical (unpaired) electrons. The molecule has 7 heteroatoms. The summed E-state index contributed by atoms with van der Waals surface area (Å²) < 4.78 is 17.3. The lowest BCUT2D eigenvalue weighted by Crippen LogP contribution is -2.36. The Kier molecular flexibility index (Phi) is 8.21. The van der Waals surface area contributed by atoms with Crippen molar-refractivity contribution in [2.24, 2.45) is 0 Å². The van der Waals surface area contributed by atoms with Gasteiger partial charge in [-0.05, 0) is 60.5 Å². The Balaban J connectivity index is 1.39. The van der Waals surface area contributed by atoms with Crippen molar-refractivity contribution in [3.05, 3.63) is 81.8 Å². The van der Waals surface area contributed by atoms with E-state index in [-0.39, 0.29) is 0 Å². The van der Waals surface area contributed by atoms with Crippen LogP contribution in [0.15, 0.2) is 60.7 Å². The van der Waals surface area contributed by atoms with E-state index in [0.29, 0.717) is 30.5 Å². The SMILES string of the molecule is CCOc1cc(CNc2ccc(N3CCOCC3)c(Cl)c2)ccc1OCc1ccc(Cl)cc1. The molecule has 3 aromatic carbocycles. The molecule has 1 saturated heterocycles. The standard InChI is InChI=1S/C26H28Cl2N2O3/c1-2-32-26-15-20(5-10-25(26)33-18-19-3-6-21(27)7-4-19)17-29-22-8-9-24(23(28)16-22)30-11-13-31-14-12-30/h3-10,15-16,29H,2,11-14,17-18H2,1H3. The van der Waals surface area contributed by atoms with Crippen molar-refractivity contribution in [3.8, 4) is 11.5 Å². The summed E-state index contributed by atoms with van der Waals surface area (Å²) >= 11 is 12.5. The minimum atomic E-state index is 0.447. The Hall–Kier alpha value is -2.60. The predicted octanol–water partition coefficient (Wildman–Crippen LogP) is 6.42. The lowest BCUT2D eigenvalue weighted by Gasteiger charge is -2.29. The van der Waals surface area contributed by atoms with Gasteiger partial charge in [0.15, 0.2) is 11.5 Å². The second-order valence-electron chi connectivity index (χ2n) is 7.75. The van der Waals surface area contributed by atoms with E-state index in [1.54, 1.807) is 0 Å². The first-order chi connectivity index (χ1) is 16.1. The third kappa shape index (κ3) is 6.47. The Morgan fingerprint density at radius 2 is 1.64 bits per heavy atom. The molecule has 1 fully saturated rings. The van der Waals surface area contributed by atoms with E-state index in [0.717, 1.165) is 59.6 Å². The van der Waals surface area contributed by atoms with Crippen molar-refractivity contribution in [2.75, 3.05) is 43.1 Å². The molecule has 174 valence electrons. The number of halogens is 2. The van der Waals surface area contributed by atoms with Gasteiger partial charge in [-0.2, -0.15) is 0 Å². The van der Waals surface area contributed by atoms with Gasteiger partial charge in [-0.15, -0.1) is 0 Å². The van der Waals surface area contributed by atoms with Crippen LogP contribution in [-0.4, -0.2) is 32.9 Å². The molecule has 1 aliphatic heterocycles. The van der Waals surface area contributed by atoms with Crippen LogP contribution in [-0.2, 0) is 17.9 Å². The van der Waals surface area contributed by atoms with Crippen LogP contribution in [0, 0.1) is 0 Å². The average Bonchev–Trinajstić information content (AvgIpc) is 2.84. The van der Waals surface area contributed by atoms with Crippen LogP contribution >= 0.6 is 23.2 Å². The Morgan fingerprint density at radius 1 is 0.879 bits per heavy atom. The first kappa shape index (κ1) is 23.6. The largest absolute Gasteiger partial charge is 0.490 e. The molecule has 0 aromatic heterocycles. The van der Waals surface area contributed by atoms with Crippen LogP contribution in [0.3, 0.4) is 0 Å². The average molecular weight is 487 g/mol. The molecule has 1 heterocycles. The molecule has 0 saturated carbocycles. The lowest BCUT2D eigenvalue weighted by atomic mass is 10.2. The van der Waals surface area contributed by atoms with Gasteiger partial charge < -0.3 is 24.4 Å². The first-order valence-corrected chi connectivity index (χ1v) is 11.9. The molecule has 33 heavy (non-hydrogen) atoms. The molecular formula is C26H28Cl2N2O3. The van der Waals surface area contributed by atoms with Crippen molar-refractivity contribution in [1.82, 2.24) is 0 Å². The number of nitrogens with one attached hydrogen (secondary N) is 1. The van der Waals surface area contributed by atoms with Crippen molar-refractivity contribution >= 4 is 34.6 Å². The van der Waals surface area contributed by atoms with Crippen LogP contribution < -0.4 is 19.7 Å². The monoisotopic (exact) mass is 486 g/mol. The quantitative estimate of drug-likeness (QED) is 0.377. The van der Waals surface area contributed by atoms with Gasteiger partial charge in [-0.3, -0.25) is 0 Å². The van der Waals surface area contributed by atoms with Gasteiger partial charge in [0.1, 0.15) is 6.61 Å². The van der Waals surface area contributed by atoms with Crippen molar-refractivity contribution in [3.63, 3.8) is 0 Å². The molecule has 0 amide bonds. The minimum absolute atomic E-state index is 0.447. The molecule has 1 aliphatic rings. The molecule has 4 rings (SSSR count). The fourth-order valence-electron chi connectivity index (χ4n) is 3.67. The van der Waals surface area contributed by atoms with E-state index in [1.165, 1.54) is 0 Å². The van der Waals surface area contributed by atoms with E-state index in [9.17, 15) is 0 Å². The number of benzene rings is 3. The molecule has 0 spiro atoms. The number of morpholine rings is 1. The van der Waals surface area contributed by atoms with Gasteiger partial charge in [-0.25, -0.2) is 0 Å². The molecule has 0 bridgehead atoms. The summed E-state index contributed by atoms with van der Waals surface area (Å²) in [6.45, 7) is 6.81. The van der Waals surface area contributed by atoms with Crippen LogP contribution in [0.1, 0.15) is 18.1 Å². The van der Waals surface area contributed by atoms with Crippen LogP contribution in [0.25, 0.3) is 0 Å². The highest BCUT2D eigenvalue weighted by Crippen LogP contribution is 2.32. The number of rotatable bonds is 9. The number of hydrogen-bond donors (Lipinski definition) is 1. The molecule has 1 N–H and O–H groups in total. The topological polar surface area (TPSA) is 43.0 Å². The third-order valence-corrected chi connectivity index (χ3v) is 5.97. The summed E-state index contributed by atoms with van der Waals surface area (Å²) in [6.07, 6.45) is 0. The predicted molar refractivity (Wildman–Crippen MR) is 135 cm³/mol. The second-order valence-corrected chi connectivity index (χ2v) is 8.59. The summed E-state index contributed by atoms with van der Waals surface area (Å²) in [6, 6.07) is 19.7. The van der Waals surface area contributed by atoms with Crippen molar-refractivity contribution in [1.29, 1.82) is 0 Å². The fourth-order valence-corrected chi connectivity index (χ4v) is 4.10. The number of anilines is 2. The molecule has 3 aromatic rings. The van der Waals surface area contributed by atoms with Crippen LogP contribution in [0.2, 0.25) is 10.0 Å². The molecule has 5 nitrogen and oxygen atoms in total. The van der Waals surface area contributed by atoms with Crippen LogP contribution in [0.4, 0.5) is 11.4 Å². The van der Waals surface area contributed by atoms with Crippen molar-refractivity contribution in [2.45, 2.75) is 20.1 Å². The van der Waals surface area contributed by atoms with Gasteiger partial charge in [0.05, 0.1) is 30.5 Å². The highest BCUT2D eigenvalue weighted by Gasteiger charge is 2.14. The number of nitrogens with zero attached hydrogens (tertiary/aromatic N) is 1. The maximum atomic E-state index is 6.56. The Labute approximate surface area is 205 Å². The van der Waals surface area contributed by atoms with Crippen molar-refractivity contribution < 1.29 is 14.2 Å². The van der Waals surface area contributed by atoms with Gasteiger partial charge in [-0.1, -0.05) is 41.4 Å². The molecule has 0 unspecified atom stereocenters. The van der Waals surface area contributed by atoms with Gasteiger partial charge in [0, 0.05) is 30.3 Å². The zero-order valence-electron chi connectivity index (χ0n) is 18.7. The smallest absolute Gasteiger partial charge is 0.161 e. The number of ether oxygens (including phenoxy) is 3. The van der Waals surface area contributed by atoms with Gasteiger partial charge in [0.25, 0.3) is 0 Å². The Morgan fingerprint density at radius 3 is 2.36 bits per heavy atom. The van der Waals surface area contributed by atoms with Gasteiger partial charge in [0.2, 0.25) is 0 Å². The summed E-state index contributed by atoms with van der Waals surface area (Å²) in [5, 5.41) is 4.90. The molecular weight excluding hydrogens is 459 g/mol. The third-order valence-electron chi connectivity index (χ3n) is 5.41. The summed E-state index contributed by atoms with van der Waals surface area (Å²) in [7, 11) is 0. The van der Waals surface area contributed by atoms with E-state index in [2.05, 4.69) is 22.3 Å². The summed E-state index contributed by atoms with van der Waals surface area (Å²) in [5.41, 5.74) is 4.15. The number of hydrogen-bond acceptors (Lipinski definition) is 5. The van der Waals surface area contributed by atoms with E-state index < -0.39 is 0 Å². The maximum Gasteiger partial charge on any atom is 0.161 e. The first-order valence-electron chi connectivity index (χ1n) is 11.1. The highest BCUT2D eigenvalue weighted by atomic mass is 35.5. The summed E-state index contributed by atoms with van der Waals surface area (Å²) in [4.78, 5) is 2.26. The second kappa shape index (κ2) is 11.5. The van der Waals surface area contributed by atoms with E-state index >= 15 is 0 Å². The fraction of sp³-hybridized carbons (Fsp3) is 0.308. The molecule has 0 atom stereocenters. The van der Waals surface area contributed by atoms with Gasteiger partial charge >= 0.3 is 0 Å². The minimum Gasteiger partial charge on any atom is -0.490 e. The summed E-state index contributed by atoms with van der Waals surface area (Å²) in [5.74, 6) is 1.44. The normalized spacial score (nSPS) is 13.6. The zero-order valence-corrected chi connectivity index (χ0v) is 20.2. The van der Waals surface area contributed by atoms with Crippen LogP contribution in [0.5, 0.6) is 11.5 Å². The van der Waals surface area contributed by atoms with E-state index in [4.69, 9.17) is 37.4 Å². The lowest BCUT2D eigenvalue weighted by molar-refractivity contribution is 0.122. The maximum absolute atomic E-state index is 6.56. The highest BCUT2D eigenvalue weighted by molar-refractivity contribution is 6.33. The Bertz CT molecular complexity index is 1050. The zero-order chi connectivity index (χ0) is 23.0. The van der Waals surface area contributed by atoms with E-state index in [1.807, 2.05) is 55.5 Å². The molecule has 0 aliphatic carbocycles.